The standard InChI is InChI=1S/C20H24N2OS/c1-4-16-12-22(18-7-5-6-8-19(18)24-16)13-20(23)21-17-10-9-14(2)11-15(17)3/h5-11,16H,4,12-13H2,1-3H3,(H,21,23)/t16-/m1/s1. The number of fused-ring (bicyclic) bond motifs is 1. The minimum absolute atomic E-state index is 0.0403. The molecule has 0 aromatic heterocycles. The van der Waals surface area contributed by atoms with Crippen LogP contribution in [-0.4, -0.2) is 24.2 Å². The van der Waals surface area contributed by atoms with Crippen molar-refractivity contribution in [1.82, 2.24) is 0 Å². The molecule has 0 bridgehead atoms. The molecule has 3 nitrogen and oxygen atoms in total. The maximum atomic E-state index is 12.6. The molecule has 1 aliphatic heterocycles. The van der Waals surface area contributed by atoms with E-state index in [0.717, 1.165) is 24.2 Å². The number of rotatable bonds is 4. The summed E-state index contributed by atoms with van der Waals surface area (Å²) in [5.41, 5.74) is 4.38. The summed E-state index contributed by atoms with van der Waals surface area (Å²) in [6, 6.07) is 14.5. The number of benzene rings is 2. The van der Waals surface area contributed by atoms with Crippen molar-refractivity contribution in [3.63, 3.8) is 0 Å². The first-order valence-electron chi connectivity index (χ1n) is 8.44. The molecule has 1 atom stereocenters. The van der Waals surface area contributed by atoms with Crippen LogP contribution in [0.5, 0.6) is 0 Å². The molecule has 24 heavy (non-hydrogen) atoms. The van der Waals surface area contributed by atoms with Crippen molar-refractivity contribution in [3.8, 4) is 0 Å². The van der Waals surface area contributed by atoms with Crippen LogP contribution in [0, 0.1) is 13.8 Å². The lowest BCUT2D eigenvalue weighted by Crippen LogP contribution is -2.40. The molecule has 1 heterocycles. The van der Waals surface area contributed by atoms with E-state index in [-0.39, 0.29) is 5.91 Å². The Morgan fingerprint density at radius 2 is 2.04 bits per heavy atom. The third-order valence-electron chi connectivity index (χ3n) is 4.37. The summed E-state index contributed by atoms with van der Waals surface area (Å²) < 4.78 is 0. The Balaban J connectivity index is 1.74. The van der Waals surface area contributed by atoms with Crippen molar-refractivity contribution in [2.75, 3.05) is 23.3 Å². The van der Waals surface area contributed by atoms with Gasteiger partial charge in [0.1, 0.15) is 0 Å². The van der Waals surface area contributed by atoms with Gasteiger partial charge < -0.3 is 10.2 Å². The fraction of sp³-hybridized carbons (Fsp3) is 0.350. The van der Waals surface area contributed by atoms with E-state index < -0.39 is 0 Å². The van der Waals surface area contributed by atoms with E-state index in [1.54, 1.807) is 0 Å². The van der Waals surface area contributed by atoms with Gasteiger partial charge in [0.15, 0.2) is 0 Å². The monoisotopic (exact) mass is 340 g/mol. The smallest absolute Gasteiger partial charge is 0.243 e. The fourth-order valence-electron chi connectivity index (χ4n) is 3.06. The number of carbonyl (C=O) groups is 1. The minimum Gasteiger partial charge on any atom is -0.360 e. The molecule has 126 valence electrons. The van der Waals surface area contributed by atoms with Crippen molar-refractivity contribution in [3.05, 3.63) is 53.6 Å². The second-order valence-corrected chi connectivity index (χ2v) is 7.71. The largest absolute Gasteiger partial charge is 0.360 e. The van der Waals surface area contributed by atoms with Gasteiger partial charge in [-0.25, -0.2) is 0 Å². The maximum Gasteiger partial charge on any atom is 0.243 e. The van der Waals surface area contributed by atoms with Crippen molar-refractivity contribution >= 4 is 29.0 Å². The summed E-state index contributed by atoms with van der Waals surface area (Å²) in [6.07, 6.45) is 1.11. The molecule has 1 aliphatic rings. The van der Waals surface area contributed by atoms with Gasteiger partial charge in [-0.1, -0.05) is 36.8 Å². The molecule has 0 spiro atoms. The maximum absolute atomic E-state index is 12.6. The van der Waals surface area contributed by atoms with Crippen molar-refractivity contribution in [1.29, 1.82) is 0 Å². The normalized spacial score (nSPS) is 16.6. The van der Waals surface area contributed by atoms with Crippen LogP contribution in [0.25, 0.3) is 0 Å². The zero-order valence-corrected chi connectivity index (χ0v) is 15.3. The first-order valence-corrected chi connectivity index (χ1v) is 9.32. The summed E-state index contributed by atoms with van der Waals surface area (Å²) in [5.74, 6) is 0.0403. The molecule has 0 radical (unpaired) electrons. The Morgan fingerprint density at radius 3 is 2.79 bits per heavy atom. The highest BCUT2D eigenvalue weighted by atomic mass is 32.2. The molecular weight excluding hydrogens is 316 g/mol. The lowest BCUT2D eigenvalue weighted by Gasteiger charge is -2.34. The van der Waals surface area contributed by atoms with E-state index in [1.165, 1.54) is 16.1 Å². The molecule has 1 amide bonds. The molecule has 2 aromatic carbocycles. The number of anilines is 2. The first-order chi connectivity index (χ1) is 11.6. The van der Waals surface area contributed by atoms with E-state index in [1.807, 2.05) is 36.9 Å². The van der Waals surface area contributed by atoms with Crippen LogP contribution in [0.2, 0.25) is 0 Å². The van der Waals surface area contributed by atoms with Crippen LogP contribution >= 0.6 is 11.8 Å². The summed E-state index contributed by atoms with van der Waals surface area (Å²) >= 11 is 1.92. The van der Waals surface area contributed by atoms with Gasteiger partial charge in [0, 0.05) is 22.4 Å². The van der Waals surface area contributed by atoms with E-state index in [9.17, 15) is 4.79 Å². The zero-order valence-electron chi connectivity index (χ0n) is 14.5. The number of nitrogens with one attached hydrogen (secondary N) is 1. The lowest BCUT2D eigenvalue weighted by atomic mass is 10.1. The summed E-state index contributed by atoms with van der Waals surface area (Å²) in [7, 11) is 0. The number of hydrogen-bond donors (Lipinski definition) is 1. The molecule has 3 rings (SSSR count). The Bertz CT molecular complexity index is 744. The second-order valence-electron chi connectivity index (χ2n) is 6.36. The Hall–Kier alpha value is -1.94. The van der Waals surface area contributed by atoms with E-state index in [2.05, 4.69) is 48.3 Å². The van der Waals surface area contributed by atoms with Crippen molar-refractivity contribution in [2.24, 2.45) is 0 Å². The summed E-state index contributed by atoms with van der Waals surface area (Å²) in [4.78, 5) is 16.0. The van der Waals surface area contributed by atoms with E-state index in [0.29, 0.717) is 11.8 Å². The van der Waals surface area contributed by atoms with Crippen molar-refractivity contribution in [2.45, 2.75) is 37.3 Å². The fourth-order valence-corrected chi connectivity index (χ4v) is 4.31. The van der Waals surface area contributed by atoms with Crippen LogP contribution in [0.4, 0.5) is 11.4 Å². The predicted octanol–water partition coefficient (Wildman–Crippen LogP) is 4.63. The van der Waals surface area contributed by atoms with Gasteiger partial charge in [0.25, 0.3) is 0 Å². The predicted molar refractivity (Wildman–Crippen MR) is 103 cm³/mol. The Morgan fingerprint density at radius 1 is 1.25 bits per heavy atom. The average molecular weight is 340 g/mol. The highest BCUT2D eigenvalue weighted by Gasteiger charge is 2.25. The highest BCUT2D eigenvalue weighted by molar-refractivity contribution is 8.00. The quantitative estimate of drug-likeness (QED) is 0.880. The topological polar surface area (TPSA) is 32.3 Å². The zero-order chi connectivity index (χ0) is 17.1. The van der Waals surface area contributed by atoms with Gasteiger partial charge in [-0.3, -0.25) is 4.79 Å². The molecule has 0 saturated heterocycles. The number of hydrogen-bond acceptors (Lipinski definition) is 3. The number of amides is 1. The van der Waals surface area contributed by atoms with Gasteiger partial charge in [0.05, 0.1) is 12.2 Å². The summed E-state index contributed by atoms with van der Waals surface area (Å²) in [5, 5.41) is 3.60. The van der Waals surface area contributed by atoms with Crippen LogP contribution in [0.1, 0.15) is 24.5 Å². The highest BCUT2D eigenvalue weighted by Crippen LogP contribution is 2.39. The molecule has 4 heteroatoms. The SMILES string of the molecule is CC[C@@H]1CN(CC(=O)Nc2ccc(C)cc2C)c2ccccc2S1. The first kappa shape index (κ1) is 16.9. The number of nitrogens with zero attached hydrogens (tertiary/aromatic N) is 1. The van der Waals surface area contributed by atoms with Crippen LogP contribution < -0.4 is 10.2 Å². The molecule has 0 saturated carbocycles. The Labute approximate surface area is 148 Å². The Kier molecular flexibility index (Phi) is 5.14. The number of carbonyl (C=O) groups excluding carboxylic acids is 1. The molecule has 2 aromatic rings. The lowest BCUT2D eigenvalue weighted by molar-refractivity contribution is -0.115. The molecule has 1 N–H and O–H groups in total. The van der Waals surface area contributed by atoms with Gasteiger partial charge in [-0.15, -0.1) is 11.8 Å². The minimum atomic E-state index is 0.0403. The van der Waals surface area contributed by atoms with E-state index in [4.69, 9.17) is 0 Å². The number of para-hydroxylation sites is 1. The van der Waals surface area contributed by atoms with Gasteiger partial charge >= 0.3 is 0 Å². The van der Waals surface area contributed by atoms with Crippen LogP contribution in [-0.2, 0) is 4.79 Å². The molecule has 0 fully saturated rings. The van der Waals surface area contributed by atoms with Crippen LogP contribution in [0.15, 0.2) is 47.4 Å². The van der Waals surface area contributed by atoms with Gasteiger partial charge in [-0.2, -0.15) is 0 Å². The van der Waals surface area contributed by atoms with E-state index >= 15 is 0 Å². The third-order valence-corrected chi connectivity index (χ3v) is 5.78. The van der Waals surface area contributed by atoms with Crippen molar-refractivity contribution < 1.29 is 4.79 Å². The van der Waals surface area contributed by atoms with Crippen LogP contribution in [0.3, 0.4) is 0 Å². The molecule has 0 aliphatic carbocycles. The average Bonchev–Trinajstić information content (AvgIpc) is 2.57. The number of aryl methyl sites for hydroxylation is 2. The molecular formula is C20H24N2OS. The molecule has 0 unspecified atom stereocenters. The van der Waals surface area contributed by atoms with Gasteiger partial charge in [-0.05, 0) is 44.0 Å². The summed E-state index contributed by atoms with van der Waals surface area (Å²) in [6.45, 7) is 7.60. The number of thioether (sulfide) groups is 1. The van der Waals surface area contributed by atoms with Gasteiger partial charge in [0.2, 0.25) is 5.91 Å². The third kappa shape index (κ3) is 3.75. The second kappa shape index (κ2) is 7.31.